The number of carbonyl (C=O) groups excluding carboxylic acids is 2. The number of likely N-dealkylation sites (N-methyl/N-ethyl adjacent to an activating group) is 1. The maximum Gasteiger partial charge on any atom is 0.265 e. The molecular weight excluding hydrogens is 444 g/mol. The number of carbonyl (C=O) groups is 2. The van der Waals surface area contributed by atoms with E-state index in [9.17, 15) is 9.59 Å². The fourth-order valence-electron chi connectivity index (χ4n) is 3.25. The highest BCUT2D eigenvalue weighted by Crippen LogP contribution is 2.34. The molecule has 1 N–H and O–H groups in total. The van der Waals surface area contributed by atoms with Crippen molar-refractivity contribution in [2.45, 2.75) is 0 Å². The second kappa shape index (κ2) is 9.42. The van der Waals surface area contributed by atoms with Crippen molar-refractivity contribution in [1.82, 2.24) is 4.90 Å². The lowest BCUT2D eigenvalue weighted by molar-refractivity contribution is -0.121. The molecule has 0 radical (unpaired) electrons. The van der Waals surface area contributed by atoms with Crippen molar-refractivity contribution < 1.29 is 19.1 Å². The Hall–Kier alpha value is -3.36. The molecule has 0 bridgehead atoms. The number of benzene rings is 3. The molecular formula is C24H20N2O4S2. The predicted octanol–water partition coefficient (Wildman–Crippen LogP) is 4.70. The lowest BCUT2D eigenvalue weighted by atomic mass is 10.1. The van der Waals surface area contributed by atoms with Crippen LogP contribution in [0.4, 0.5) is 5.69 Å². The molecule has 3 aromatic rings. The third-order valence-corrected chi connectivity index (χ3v) is 6.38. The van der Waals surface area contributed by atoms with Gasteiger partial charge in [-0.15, -0.1) is 0 Å². The Morgan fingerprint density at radius 3 is 2.66 bits per heavy atom. The largest absolute Gasteiger partial charge is 0.493 e. The number of ether oxygens (including phenoxy) is 2. The number of rotatable bonds is 6. The van der Waals surface area contributed by atoms with Crippen molar-refractivity contribution in [2.75, 3.05) is 26.1 Å². The summed E-state index contributed by atoms with van der Waals surface area (Å²) in [7, 11) is 3.17. The zero-order valence-electron chi connectivity index (χ0n) is 17.5. The molecule has 6 nitrogen and oxygen atoms in total. The van der Waals surface area contributed by atoms with Crippen LogP contribution in [-0.4, -0.2) is 41.8 Å². The van der Waals surface area contributed by atoms with Gasteiger partial charge in [-0.1, -0.05) is 66.4 Å². The lowest BCUT2D eigenvalue weighted by Crippen LogP contribution is -2.22. The summed E-state index contributed by atoms with van der Waals surface area (Å²) in [5.41, 5.74) is 1.50. The van der Waals surface area contributed by atoms with Gasteiger partial charge in [0.15, 0.2) is 18.1 Å². The number of nitrogens with one attached hydrogen (secondary N) is 1. The van der Waals surface area contributed by atoms with Crippen LogP contribution in [0, 0.1) is 0 Å². The van der Waals surface area contributed by atoms with E-state index in [1.54, 1.807) is 31.3 Å². The Labute approximate surface area is 195 Å². The molecule has 1 heterocycles. The number of hydrogen-bond donors (Lipinski definition) is 1. The standard InChI is InChI=1S/C24H20N2O4S2/c1-26-23(28)21(32-24(26)31)13-15-10-11-19(20(12-15)29-2)30-14-22(27)25-18-9-5-7-16-6-3-4-8-17(16)18/h3-13H,14H2,1-2H3,(H,25,27)/b21-13-. The van der Waals surface area contributed by atoms with E-state index in [0.29, 0.717) is 20.7 Å². The molecule has 3 aromatic carbocycles. The Kier molecular flexibility index (Phi) is 6.43. The first-order chi connectivity index (χ1) is 15.5. The van der Waals surface area contributed by atoms with Crippen LogP contribution in [-0.2, 0) is 9.59 Å². The predicted molar refractivity (Wildman–Crippen MR) is 132 cm³/mol. The van der Waals surface area contributed by atoms with Gasteiger partial charge < -0.3 is 14.8 Å². The first-order valence-electron chi connectivity index (χ1n) is 9.76. The maximum atomic E-state index is 12.5. The Balaban J connectivity index is 1.45. The Morgan fingerprint density at radius 1 is 1.12 bits per heavy atom. The molecule has 1 saturated heterocycles. The minimum absolute atomic E-state index is 0.135. The van der Waals surface area contributed by atoms with E-state index >= 15 is 0 Å². The summed E-state index contributed by atoms with van der Waals surface area (Å²) in [6.45, 7) is -0.173. The third kappa shape index (κ3) is 4.61. The van der Waals surface area contributed by atoms with E-state index in [2.05, 4.69) is 5.32 Å². The number of methoxy groups -OCH3 is 1. The van der Waals surface area contributed by atoms with Crippen molar-refractivity contribution in [3.05, 3.63) is 71.1 Å². The fourth-order valence-corrected chi connectivity index (χ4v) is 4.43. The summed E-state index contributed by atoms with van der Waals surface area (Å²) >= 11 is 6.41. The normalized spacial score (nSPS) is 14.8. The monoisotopic (exact) mass is 464 g/mol. The zero-order valence-corrected chi connectivity index (χ0v) is 19.1. The van der Waals surface area contributed by atoms with Crippen molar-refractivity contribution in [3.8, 4) is 11.5 Å². The van der Waals surface area contributed by atoms with E-state index in [1.165, 1.54) is 23.8 Å². The number of thiocarbonyl (C=S) groups is 1. The highest BCUT2D eigenvalue weighted by Gasteiger charge is 2.28. The van der Waals surface area contributed by atoms with Crippen LogP contribution in [0.1, 0.15) is 5.56 Å². The Bertz CT molecular complexity index is 1250. The molecule has 0 saturated carbocycles. The number of anilines is 1. The second-order valence-electron chi connectivity index (χ2n) is 7.01. The van der Waals surface area contributed by atoms with Gasteiger partial charge in [0.25, 0.3) is 11.8 Å². The number of amides is 2. The van der Waals surface area contributed by atoms with Gasteiger partial charge in [-0.05, 0) is 35.2 Å². The molecule has 0 spiro atoms. The topological polar surface area (TPSA) is 67.9 Å². The molecule has 2 amide bonds. The highest BCUT2D eigenvalue weighted by molar-refractivity contribution is 8.26. The summed E-state index contributed by atoms with van der Waals surface area (Å²) in [4.78, 5) is 26.7. The van der Waals surface area contributed by atoms with Gasteiger partial charge in [0.05, 0.1) is 12.0 Å². The average molecular weight is 465 g/mol. The van der Waals surface area contributed by atoms with E-state index in [4.69, 9.17) is 21.7 Å². The van der Waals surface area contributed by atoms with Gasteiger partial charge in [0.2, 0.25) is 0 Å². The van der Waals surface area contributed by atoms with Gasteiger partial charge in [-0.25, -0.2) is 0 Å². The third-order valence-electron chi connectivity index (χ3n) is 4.89. The van der Waals surface area contributed by atoms with Crippen molar-refractivity contribution >= 4 is 62.7 Å². The van der Waals surface area contributed by atoms with E-state index in [1.807, 2.05) is 42.5 Å². The first-order valence-corrected chi connectivity index (χ1v) is 11.0. The van der Waals surface area contributed by atoms with Gasteiger partial charge in [0, 0.05) is 18.1 Å². The van der Waals surface area contributed by atoms with E-state index in [0.717, 1.165) is 22.0 Å². The summed E-state index contributed by atoms with van der Waals surface area (Å²) in [5, 5.41) is 4.90. The van der Waals surface area contributed by atoms with Crippen LogP contribution in [0.2, 0.25) is 0 Å². The number of fused-ring (bicyclic) bond motifs is 1. The van der Waals surface area contributed by atoms with Crippen LogP contribution in [0.25, 0.3) is 16.8 Å². The van der Waals surface area contributed by atoms with Crippen LogP contribution in [0.3, 0.4) is 0 Å². The average Bonchev–Trinajstić information content (AvgIpc) is 3.04. The molecule has 1 aliphatic rings. The van der Waals surface area contributed by atoms with Crippen LogP contribution in [0.5, 0.6) is 11.5 Å². The van der Waals surface area contributed by atoms with Crippen LogP contribution < -0.4 is 14.8 Å². The molecule has 0 aromatic heterocycles. The quantitative estimate of drug-likeness (QED) is 0.421. The minimum Gasteiger partial charge on any atom is -0.493 e. The van der Waals surface area contributed by atoms with Crippen LogP contribution in [0.15, 0.2) is 65.6 Å². The molecule has 1 aliphatic heterocycles. The summed E-state index contributed by atoms with van der Waals surface area (Å²) in [5.74, 6) is 0.480. The fraction of sp³-hybridized carbons (Fsp3) is 0.125. The molecule has 4 rings (SSSR count). The van der Waals surface area contributed by atoms with Gasteiger partial charge in [0.1, 0.15) is 4.32 Å². The molecule has 0 atom stereocenters. The molecule has 0 unspecified atom stereocenters. The summed E-state index contributed by atoms with van der Waals surface area (Å²) in [6, 6.07) is 18.8. The van der Waals surface area contributed by atoms with E-state index in [-0.39, 0.29) is 18.4 Å². The number of hydrogen-bond acceptors (Lipinski definition) is 6. The van der Waals surface area contributed by atoms with Gasteiger partial charge >= 0.3 is 0 Å². The summed E-state index contributed by atoms with van der Waals surface area (Å²) < 4.78 is 11.6. The van der Waals surface area contributed by atoms with Crippen molar-refractivity contribution in [1.29, 1.82) is 0 Å². The van der Waals surface area contributed by atoms with Crippen molar-refractivity contribution in [2.24, 2.45) is 0 Å². The molecule has 0 aliphatic carbocycles. The maximum absolute atomic E-state index is 12.5. The molecule has 162 valence electrons. The lowest BCUT2D eigenvalue weighted by Gasteiger charge is -2.12. The molecule has 8 heteroatoms. The minimum atomic E-state index is -0.279. The SMILES string of the molecule is COc1cc(/C=C2\SC(=S)N(C)C2=O)ccc1OCC(=O)Nc1cccc2ccccc12. The Morgan fingerprint density at radius 2 is 1.91 bits per heavy atom. The first kappa shape index (κ1) is 21.9. The van der Waals surface area contributed by atoms with Crippen molar-refractivity contribution in [3.63, 3.8) is 0 Å². The number of thioether (sulfide) groups is 1. The summed E-state index contributed by atoms with van der Waals surface area (Å²) in [6.07, 6.45) is 1.75. The van der Waals surface area contributed by atoms with Gasteiger partial charge in [-0.3, -0.25) is 14.5 Å². The second-order valence-corrected chi connectivity index (χ2v) is 8.69. The van der Waals surface area contributed by atoms with Gasteiger partial charge in [-0.2, -0.15) is 0 Å². The van der Waals surface area contributed by atoms with E-state index < -0.39 is 0 Å². The molecule has 32 heavy (non-hydrogen) atoms. The smallest absolute Gasteiger partial charge is 0.265 e. The molecule has 1 fully saturated rings. The zero-order chi connectivity index (χ0) is 22.7. The highest BCUT2D eigenvalue weighted by atomic mass is 32.2. The van der Waals surface area contributed by atoms with Crippen LogP contribution >= 0.6 is 24.0 Å². The number of nitrogens with zero attached hydrogens (tertiary/aromatic N) is 1.